The van der Waals surface area contributed by atoms with Crippen LogP contribution in [-0.4, -0.2) is 31.6 Å². The minimum atomic E-state index is -1.29. The summed E-state index contributed by atoms with van der Waals surface area (Å²) in [4.78, 5) is 2.63. The molecule has 0 aliphatic carbocycles. The largest absolute Gasteiger partial charge is 0.287 e. The van der Waals surface area contributed by atoms with Gasteiger partial charge in [0.2, 0.25) is 0 Å². The Hall–Kier alpha value is -0.523. The maximum Gasteiger partial charge on any atom is 0.129 e. The third kappa shape index (κ3) is 4.30. The zero-order valence-electron chi connectivity index (χ0n) is 12.7. The van der Waals surface area contributed by atoms with E-state index < -0.39 is 8.07 Å². The molecule has 0 aromatic heterocycles. The van der Waals surface area contributed by atoms with Crippen LogP contribution in [0.1, 0.15) is 39.0 Å². The van der Waals surface area contributed by atoms with Crippen LogP contribution in [0.2, 0.25) is 19.6 Å². The summed E-state index contributed by atoms with van der Waals surface area (Å²) in [5.74, 6) is 3.69. The molecule has 0 bridgehead atoms. The molecular formula is C16H29NSi. The van der Waals surface area contributed by atoms with E-state index >= 15 is 0 Å². The molecule has 2 heteroatoms. The Morgan fingerprint density at radius 2 is 1.89 bits per heavy atom. The van der Waals surface area contributed by atoms with Crippen LogP contribution in [0.25, 0.3) is 0 Å². The first-order valence-corrected chi connectivity index (χ1v) is 10.8. The molecule has 0 aromatic carbocycles. The Morgan fingerprint density at radius 1 is 1.28 bits per heavy atom. The van der Waals surface area contributed by atoms with Gasteiger partial charge in [0.1, 0.15) is 8.07 Å². The van der Waals surface area contributed by atoms with E-state index in [-0.39, 0.29) is 5.54 Å². The van der Waals surface area contributed by atoms with Gasteiger partial charge in [-0.1, -0.05) is 38.6 Å². The minimum absolute atomic E-state index is 0.116. The fourth-order valence-corrected chi connectivity index (χ4v) is 3.19. The van der Waals surface area contributed by atoms with Gasteiger partial charge in [-0.15, -0.1) is 12.1 Å². The number of rotatable bonds is 5. The molecule has 1 heterocycles. The SMILES string of the molecule is C=CCCC(C#C[Si](C)(C)C)(CC)N1CCCC1. The van der Waals surface area contributed by atoms with Crippen molar-refractivity contribution in [2.45, 2.75) is 64.2 Å². The molecule has 1 nitrogen and oxygen atoms in total. The van der Waals surface area contributed by atoms with Crippen LogP contribution in [-0.2, 0) is 0 Å². The van der Waals surface area contributed by atoms with Crippen molar-refractivity contribution in [3.63, 3.8) is 0 Å². The predicted molar refractivity (Wildman–Crippen MR) is 84.4 cm³/mol. The summed E-state index contributed by atoms with van der Waals surface area (Å²) in [6, 6.07) is 0. The highest BCUT2D eigenvalue weighted by Crippen LogP contribution is 2.29. The van der Waals surface area contributed by atoms with Crippen LogP contribution in [0.3, 0.4) is 0 Å². The fourth-order valence-electron chi connectivity index (χ4n) is 2.58. The van der Waals surface area contributed by atoms with Gasteiger partial charge < -0.3 is 0 Å². The predicted octanol–water partition coefficient (Wildman–Crippen LogP) is 4.08. The Labute approximate surface area is 115 Å². The highest BCUT2D eigenvalue weighted by molar-refractivity contribution is 6.83. The maximum atomic E-state index is 3.88. The van der Waals surface area contributed by atoms with Gasteiger partial charge >= 0.3 is 0 Å². The summed E-state index contributed by atoms with van der Waals surface area (Å²) >= 11 is 0. The summed E-state index contributed by atoms with van der Waals surface area (Å²) in [5.41, 5.74) is 3.73. The molecule has 1 saturated heterocycles. The van der Waals surface area contributed by atoms with Crippen molar-refractivity contribution in [2.24, 2.45) is 0 Å². The van der Waals surface area contributed by atoms with Gasteiger partial charge in [0.05, 0.1) is 5.54 Å². The number of allylic oxidation sites excluding steroid dienone is 1. The average molecular weight is 264 g/mol. The summed E-state index contributed by atoms with van der Waals surface area (Å²) in [6.45, 7) is 15.6. The minimum Gasteiger partial charge on any atom is -0.287 e. The molecule has 0 amide bonds. The van der Waals surface area contributed by atoms with Crippen LogP contribution >= 0.6 is 0 Å². The molecule has 0 spiro atoms. The monoisotopic (exact) mass is 263 g/mol. The molecule has 1 aliphatic heterocycles. The second-order valence-corrected chi connectivity index (χ2v) is 11.2. The molecule has 1 atom stereocenters. The van der Waals surface area contributed by atoms with Gasteiger partial charge in [-0.05, 0) is 45.2 Å². The van der Waals surface area contributed by atoms with Crippen LogP contribution in [0, 0.1) is 11.5 Å². The molecule has 0 radical (unpaired) electrons. The molecule has 0 N–H and O–H groups in total. The van der Waals surface area contributed by atoms with E-state index in [1.807, 2.05) is 6.08 Å². The second kappa shape index (κ2) is 6.59. The number of hydrogen-bond donors (Lipinski definition) is 0. The lowest BCUT2D eigenvalue weighted by atomic mass is 9.89. The van der Waals surface area contributed by atoms with E-state index in [9.17, 15) is 0 Å². The second-order valence-electron chi connectivity index (χ2n) is 6.41. The standard InChI is InChI=1S/C16H29NSi/c1-6-8-11-16(7-2,12-15-18(3,4)5)17-13-9-10-14-17/h6H,1,7-11,13-14H2,2-5H3. The molecular weight excluding hydrogens is 234 g/mol. The normalized spacial score (nSPS) is 20.0. The average Bonchev–Trinajstić information content (AvgIpc) is 2.83. The van der Waals surface area contributed by atoms with Gasteiger partial charge in [0.25, 0.3) is 0 Å². The Balaban J connectivity index is 2.95. The molecule has 1 unspecified atom stereocenters. The van der Waals surface area contributed by atoms with E-state index in [1.165, 1.54) is 25.9 Å². The maximum absolute atomic E-state index is 3.88. The Kier molecular flexibility index (Phi) is 5.69. The third-order valence-corrected chi connectivity index (χ3v) is 4.60. The van der Waals surface area contributed by atoms with Gasteiger partial charge in [0, 0.05) is 0 Å². The van der Waals surface area contributed by atoms with Crippen molar-refractivity contribution in [1.29, 1.82) is 0 Å². The van der Waals surface area contributed by atoms with Crippen LogP contribution in [0.5, 0.6) is 0 Å². The van der Waals surface area contributed by atoms with E-state index in [2.05, 4.69) is 49.5 Å². The van der Waals surface area contributed by atoms with Crippen molar-refractivity contribution < 1.29 is 0 Å². The summed E-state index contributed by atoms with van der Waals surface area (Å²) in [5, 5.41) is 0. The summed E-state index contributed by atoms with van der Waals surface area (Å²) in [6.07, 6.45) is 8.07. The van der Waals surface area contributed by atoms with E-state index in [0.29, 0.717) is 0 Å². The summed E-state index contributed by atoms with van der Waals surface area (Å²) < 4.78 is 0. The van der Waals surface area contributed by atoms with E-state index in [4.69, 9.17) is 0 Å². The number of likely N-dealkylation sites (tertiary alicyclic amines) is 1. The van der Waals surface area contributed by atoms with Crippen molar-refractivity contribution in [1.82, 2.24) is 4.90 Å². The Bertz CT molecular complexity index is 325. The van der Waals surface area contributed by atoms with Gasteiger partial charge in [-0.3, -0.25) is 4.90 Å². The molecule has 102 valence electrons. The lowest BCUT2D eigenvalue weighted by molar-refractivity contribution is 0.160. The van der Waals surface area contributed by atoms with Crippen LogP contribution in [0.4, 0.5) is 0 Å². The van der Waals surface area contributed by atoms with Crippen LogP contribution < -0.4 is 0 Å². The van der Waals surface area contributed by atoms with E-state index in [1.54, 1.807) is 0 Å². The number of hydrogen-bond acceptors (Lipinski definition) is 1. The quantitative estimate of drug-likeness (QED) is 0.410. The zero-order chi connectivity index (χ0) is 13.6. The fraction of sp³-hybridized carbons (Fsp3) is 0.750. The first-order chi connectivity index (χ1) is 8.43. The topological polar surface area (TPSA) is 3.24 Å². The van der Waals surface area contributed by atoms with Gasteiger partial charge in [0.15, 0.2) is 0 Å². The molecule has 1 rings (SSSR count). The van der Waals surface area contributed by atoms with Crippen LogP contribution in [0.15, 0.2) is 12.7 Å². The molecule has 1 aliphatic rings. The summed E-state index contributed by atoms with van der Waals surface area (Å²) in [7, 11) is -1.29. The zero-order valence-corrected chi connectivity index (χ0v) is 13.7. The molecule has 0 aromatic rings. The first kappa shape index (κ1) is 15.5. The van der Waals surface area contributed by atoms with Crippen molar-refractivity contribution >= 4 is 8.07 Å². The first-order valence-electron chi connectivity index (χ1n) is 7.34. The van der Waals surface area contributed by atoms with Gasteiger partial charge in [-0.25, -0.2) is 0 Å². The lowest BCUT2D eigenvalue weighted by Crippen LogP contribution is -2.46. The van der Waals surface area contributed by atoms with Crippen molar-refractivity contribution in [3.8, 4) is 11.5 Å². The highest BCUT2D eigenvalue weighted by atomic mass is 28.3. The Morgan fingerprint density at radius 3 is 2.33 bits per heavy atom. The lowest BCUT2D eigenvalue weighted by Gasteiger charge is -2.37. The van der Waals surface area contributed by atoms with Crippen molar-refractivity contribution in [3.05, 3.63) is 12.7 Å². The third-order valence-electron chi connectivity index (χ3n) is 3.73. The molecule has 0 saturated carbocycles. The smallest absolute Gasteiger partial charge is 0.129 e. The number of nitrogens with zero attached hydrogens (tertiary/aromatic N) is 1. The van der Waals surface area contributed by atoms with E-state index in [0.717, 1.165) is 19.3 Å². The highest BCUT2D eigenvalue weighted by Gasteiger charge is 2.34. The molecule has 18 heavy (non-hydrogen) atoms. The van der Waals surface area contributed by atoms with Gasteiger partial charge in [-0.2, -0.15) is 0 Å². The van der Waals surface area contributed by atoms with Crippen molar-refractivity contribution in [2.75, 3.05) is 13.1 Å². The molecule has 1 fully saturated rings.